The molecule has 0 unspecified atom stereocenters. The number of hydrogen-bond donors (Lipinski definition) is 1. The Morgan fingerprint density at radius 1 is 1.38 bits per heavy atom. The maximum atomic E-state index is 4.29. The van der Waals surface area contributed by atoms with Crippen LogP contribution in [0.3, 0.4) is 0 Å². The lowest BCUT2D eigenvalue weighted by Gasteiger charge is -2.28. The van der Waals surface area contributed by atoms with Crippen molar-refractivity contribution in [2.75, 3.05) is 5.32 Å². The first kappa shape index (κ1) is 8.54. The molecule has 1 aromatic heterocycles. The number of nitrogens with zero attached hydrogens (tertiary/aromatic N) is 1. The van der Waals surface area contributed by atoms with Gasteiger partial charge in [0.05, 0.1) is 11.4 Å². The van der Waals surface area contributed by atoms with Gasteiger partial charge in [-0.1, -0.05) is 0 Å². The Morgan fingerprint density at radius 3 is 2.69 bits per heavy atom. The van der Waals surface area contributed by atoms with Gasteiger partial charge in [0.1, 0.15) is 0 Å². The van der Waals surface area contributed by atoms with E-state index in [2.05, 4.69) is 30.2 Å². The molecule has 0 radical (unpaired) electrons. The van der Waals surface area contributed by atoms with Gasteiger partial charge in [-0.15, -0.1) is 0 Å². The van der Waals surface area contributed by atoms with Gasteiger partial charge in [-0.2, -0.15) is 0 Å². The first-order valence-electron chi connectivity index (χ1n) is 4.96. The summed E-state index contributed by atoms with van der Waals surface area (Å²) in [5.74, 6) is 0. The van der Waals surface area contributed by atoms with Crippen LogP contribution in [-0.2, 0) is 0 Å². The van der Waals surface area contributed by atoms with Crippen LogP contribution in [-0.4, -0.2) is 11.0 Å². The Hall–Kier alpha value is -1.05. The van der Waals surface area contributed by atoms with Crippen molar-refractivity contribution in [1.29, 1.82) is 0 Å². The van der Waals surface area contributed by atoms with Gasteiger partial charge < -0.3 is 5.32 Å². The molecule has 2 rings (SSSR count). The molecule has 1 aliphatic rings. The summed E-state index contributed by atoms with van der Waals surface area (Å²) in [6.07, 6.45) is 5.87. The fraction of sp³-hybridized carbons (Fsp3) is 0.545. The van der Waals surface area contributed by atoms with Crippen molar-refractivity contribution in [3.63, 3.8) is 0 Å². The zero-order valence-corrected chi connectivity index (χ0v) is 8.30. The van der Waals surface area contributed by atoms with E-state index in [0.717, 1.165) is 5.69 Å². The van der Waals surface area contributed by atoms with Gasteiger partial charge in [0.25, 0.3) is 0 Å². The summed E-state index contributed by atoms with van der Waals surface area (Å²) in [5.41, 5.74) is 3.67. The van der Waals surface area contributed by atoms with Crippen molar-refractivity contribution in [2.45, 2.75) is 39.2 Å². The van der Waals surface area contributed by atoms with Crippen LogP contribution in [0.2, 0.25) is 0 Å². The van der Waals surface area contributed by atoms with Gasteiger partial charge >= 0.3 is 0 Å². The van der Waals surface area contributed by atoms with Crippen LogP contribution in [0.15, 0.2) is 12.3 Å². The van der Waals surface area contributed by atoms with Crippen molar-refractivity contribution < 1.29 is 0 Å². The maximum Gasteiger partial charge on any atom is 0.0606 e. The van der Waals surface area contributed by atoms with E-state index < -0.39 is 0 Å². The van der Waals surface area contributed by atoms with Crippen LogP contribution < -0.4 is 5.32 Å². The molecule has 1 N–H and O–H groups in total. The standard InChI is InChI=1S/C11H16N2/c1-8-6-7-12-9(2)11(8)13-10-4-3-5-10/h6-7,10,13H,3-5H2,1-2H3. The second-order valence-electron chi connectivity index (χ2n) is 3.86. The largest absolute Gasteiger partial charge is 0.381 e. The van der Waals surface area contributed by atoms with Crippen molar-refractivity contribution in [1.82, 2.24) is 4.98 Å². The van der Waals surface area contributed by atoms with E-state index in [1.807, 2.05) is 6.20 Å². The number of pyridine rings is 1. The second kappa shape index (κ2) is 3.36. The van der Waals surface area contributed by atoms with E-state index >= 15 is 0 Å². The van der Waals surface area contributed by atoms with E-state index in [1.165, 1.54) is 30.5 Å². The van der Waals surface area contributed by atoms with E-state index in [4.69, 9.17) is 0 Å². The molecule has 1 fully saturated rings. The number of nitrogens with one attached hydrogen (secondary N) is 1. The molecule has 0 amide bonds. The maximum absolute atomic E-state index is 4.29. The summed E-state index contributed by atoms with van der Waals surface area (Å²) >= 11 is 0. The van der Waals surface area contributed by atoms with Gasteiger partial charge in [0.15, 0.2) is 0 Å². The molecular weight excluding hydrogens is 160 g/mol. The molecule has 1 saturated carbocycles. The Balaban J connectivity index is 2.17. The third-order valence-corrected chi connectivity index (χ3v) is 2.80. The van der Waals surface area contributed by atoms with Crippen molar-refractivity contribution in [3.8, 4) is 0 Å². The Bertz CT molecular complexity index is 283. The van der Waals surface area contributed by atoms with Gasteiger partial charge in [0.2, 0.25) is 0 Å². The van der Waals surface area contributed by atoms with Crippen molar-refractivity contribution >= 4 is 5.69 Å². The van der Waals surface area contributed by atoms with Gasteiger partial charge in [0, 0.05) is 12.2 Å². The van der Waals surface area contributed by atoms with E-state index in [9.17, 15) is 0 Å². The molecular formula is C11H16N2. The highest BCUT2D eigenvalue weighted by atomic mass is 15.0. The first-order chi connectivity index (χ1) is 6.27. The molecule has 70 valence electrons. The third kappa shape index (κ3) is 1.67. The van der Waals surface area contributed by atoms with Crippen molar-refractivity contribution in [2.24, 2.45) is 0 Å². The Labute approximate surface area is 79.4 Å². The molecule has 1 heterocycles. The zero-order chi connectivity index (χ0) is 9.26. The predicted octanol–water partition coefficient (Wildman–Crippen LogP) is 2.66. The van der Waals surface area contributed by atoms with E-state index in [-0.39, 0.29) is 0 Å². The van der Waals surface area contributed by atoms with Crippen LogP contribution in [0.1, 0.15) is 30.5 Å². The predicted molar refractivity (Wildman–Crippen MR) is 55.0 cm³/mol. The monoisotopic (exact) mass is 176 g/mol. The zero-order valence-electron chi connectivity index (χ0n) is 8.30. The van der Waals surface area contributed by atoms with Crippen molar-refractivity contribution in [3.05, 3.63) is 23.5 Å². The van der Waals surface area contributed by atoms with Gasteiger partial charge in [-0.05, 0) is 44.7 Å². The van der Waals surface area contributed by atoms with Crippen LogP contribution in [0, 0.1) is 13.8 Å². The van der Waals surface area contributed by atoms with Crippen LogP contribution in [0.4, 0.5) is 5.69 Å². The SMILES string of the molecule is Cc1ccnc(C)c1NC1CCC1. The number of hydrogen-bond acceptors (Lipinski definition) is 2. The first-order valence-corrected chi connectivity index (χ1v) is 4.96. The molecule has 13 heavy (non-hydrogen) atoms. The van der Waals surface area contributed by atoms with Crippen LogP contribution in [0.5, 0.6) is 0 Å². The number of aryl methyl sites for hydroxylation is 2. The summed E-state index contributed by atoms with van der Waals surface area (Å²) in [6.45, 7) is 4.20. The smallest absolute Gasteiger partial charge is 0.0606 e. The summed E-state index contributed by atoms with van der Waals surface area (Å²) in [6, 6.07) is 2.76. The second-order valence-corrected chi connectivity index (χ2v) is 3.86. The highest BCUT2D eigenvalue weighted by molar-refractivity contribution is 5.54. The average molecular weight is 176 g/mol. The highest BCUT2D eigenvalue weighted by Crippen LogP contribution is 2.26. The Kier molecular flexibility index (Phi) is 2.21. The molecule has 0 aliphatic heterocycles. The molecule has 0 spiro atoms. The molecule has 2 heteroatoms. The molecule has 0 bridgehead atoms. The lowest BCUT2D eigenvalue weighted by Crippen LogP contribution is -2.27. The lowest BCUT2D eigenvalue weighted by atomic mass is 9.92. The minimum atomic E-state index is 0.696. The fourth-order valence-electron chi connectivity index (χ4n) is 1.67. The fourth-order valence-corrected chi connectivity index (χ4v) is 1.67. The minimum absolute atomic E-state index is 0.696. The number of anilines is 1. The van der Waals surface area contributed by atoms with E-state index in [0.29, 0.717) is 6.04 Å². The van der Waals surface area contributed by atoms with E-state index in [1.54, 1.807) is 0 Å². The Morgan fingerprint density at radius 2 is 2.15 bits per heavy atom. The minimum Gasteiger partial charge on any atom is -0.381 e. The molecule has 2 nitrogen and oxygen atoms in total. The highest BCUT2D eigenvalue weighted by Gasteiger charge is 2.18. The molecule has 0 atom stereocenters. The molecule has 0 saturated heterocycles. The summed E-state index contributed by atoms with van der Waals surface area (Å²) in [7, 11) is 0. The molecule has 0 aromatic carbocycles. The normalized spacial score (nSPS) is 16.8. The topological polar surface area (TPSA) is 24.9 Å². The lowest BCUT2D eigenvalue weighted by molar-refractivity contribution is 0.445. The number of rotatable bonds is 2. The van der Waals surface area contributed by atoms with Gasteiger partial charge in [-0.25, -0.2) is 0 Å². The number of aromatic nitrogens is 1. The third-order valence-electron chi connectivity index (χ3n) is 2.80. The van der Waals surface area contributed by atoms with Gasteiger partial charge in [-0.3, -0.25) is 4.98 Å². The molecule has 1 aliphatic carbocycles. The summed E-state index contributed by atoms with van der Waals surface area (Å²) in [4.78, 5) is 4.29. The summed E-state index contributed by atoms with van der Waals surface area (Å²) < 4.78 is 0. The molecule has 1 aromatic rings. The average Bonchev–Trinajstić information content (AvgIpc) is 2.00. The van der Waals surface area contributed by atoms with Crippen LogP contribution >= 0.6 is 0 Å². The summed E-state index contributed by atoms with van der Waals surface area (Å²) in [5, 5.41) is 3.55. The quantitative estimate of drug-likeness (QED) is 0.749. The van der Waals surface area contributed by atoms with Crippen LogP contribution in [0.25, 0.3) is 0 Å².